The Kier molecular flexibility index (Phi) is 3.89. The predicted octanol–water partition coefficient (Wildman–Crippen LogP) is 2.91. The van der Waals surface area contributed by atoms with Gasteiger partial charge in [0.25, 0.3) is 5.91 Å². The van der Waals surface area contributed by atoms with E-state index in [0.717, 1.165) is 11.3 Å². The molecule has 3 aromatic rings. The second-order valence-corrected chi connectivity index (χ2v) is 5.09. The van der Waals surface area contributed by atoms with Crippen LogP contribution in [0.1, 0.15) is 16.1 Å². The second kappa shape index (κ2) is 6.00. The third kappa shape index (κ3) is 2.96. The second-order valence-electron chi connectivity index (χ2n) is 5.09. The van der Waals surface area contributed by atoms with Gasteiger partial charge in [0.05, 0.1) is 31.2 Å². The zero-order valence-electron chi connectivity index (χ0n) is 13.2. The van der Waals surface area contributed by atoms with E-state index >= 15 is 0 Å². The molecule has 2 aromatic heterocycles. The molecule has 6 heteroatoms. The van der Waals surface area contributed by atoms with E-state index in [1.165, 1.54) is 0 Å². The molecule has 0 saturated heterocycles. The van der Waals surface area contributed by atoms with Crippen LogP contribution in [-0.2, 0) is 0 Å². The highest BCUT2D eigenvalue weighted by Crippen LogP contribution is 2.29. The molecule has 1 N–H and O–H groups in total. The normalized spacial score (nSPS) is 10.6. The Morgan fingerprint density at radius 2 is 1.96 bits per heavy atom. The van der Waals surface area contributed by atoms with Crippen molar-refractivity contribution < 1.29 is 14.3 Å². The number of benzene rings is 1. The number of nitrogens with one attached hydrogen (secondary N) is 1. The van der Waals surface area contributed by atoms with Crippen LogP contribution < -0.4 is 14.8 Å². The van der Waals surface area contributed by atoms with Gasteiger partial charge in [-0.3, -0.25) is 4.79 Å². The summed E-state index contributed by atoms with van der Waals surface area (Å²) in [5.74, 6) is 0.981. The summed E-state index contributed by atoms with van der Waals surface area (Å²) in [5.41, 5.74) is 2.83. The Morgan fingerprint density at radius 1 is 1.13 bits per heavy atom. The summed E-state index contributed by atoms with van der Waals surface area (Å²) >= 11 is 0. The SMILES string of the molecule is COc1ccc(NC(=O)c2ccc3nc(C)cn3c2)c(OC)c1. The lowest BCUT2D eigenvalue weighted by molar-refractivity contribution is 0.102. The molecule has 1 aromatic carbocycles. The standard InChI is InChI=1S/C17H17N3O3/c1-11-9-20-10-12(4-7-16(20)18-11)17(21)19-14-6-5-13(22-2)8-15(14)23-3/h4-10H,1-3H3,(H,19,21). The summed E-state index contributed by atoms with van der Waals surface area (Å²) in [4.78, 5) is 16.8. The van der Waals surface area contributed by atoms with Gasteiger partial charge in [-0.2, -0.15) is 0 Å². The molecule has 2 heterocycles. The summed E-state index contributed by atoms with van der Waals surface area (Å²) in [6.45, 7) is 1.91. The number of anilines is 1. The van der Waals surface area contributed by atoms with Gasteiger partial charge in [-0.05, 0) is 31.2 Å². The molecule has 1 amide bonds. The van der Waals surface area contributed by atoms with Gasteiger partial charge in [0.15, 0.2) is 0 Å². The van der Waals surface area contributed by atoms with E-state index in [-0.39, 0.29) is 5.91 Å². The van der Waals surface area contributed by atoms with Gasteiger partial charge in [-0.25, -0.2) is 4.98 Å². The van der Waals surface area contributed by atoms with E-state index in [0.29, 0.717) is 22.7 Å². The number of ether oxygens (including phenoxy) is 2. The molecule has 3 rings (SSSR count). The Labute approximate surface area is 133 Å². The number of fused-ring (bicyclic) bond motifs is 1. The zero-order chi connectivity index (χ0) is 16.4. The molecule has 0 fully saturated rings. The molecule has 0 aliphatic carbocycles. The van der Waals surface area contributed by atoms with Crippen LogP contribution in [0.4, 0.5) is 5.69 Å². The van der Waals surface area contributed by atoms with Crippen molar-refractivity contribution in [2.75, 3.05) is 19.5 Å². The van der Waals surface area contributed by atoms with Crippen LogP contribution in [0.2, 0.25) is 0 Å². The molecule has 0 spiro atoms. The fourth-order valence-electron chi connectivity index (χ4n) is 2.35. The van der Waals surface area contributed by atoms with Crippen LogP contribution in [0.5, 0.6) is 11.5 Å². The van der Waals surface area contributed by atoms with Gasteiger partial charge >= 0.3 is 0 Å². The first kappa shape index (κ1) is 14.9. The number of methoxy groups -OCH3 is 2. The maximum Gasteiger partial charge on any atom is 0.257 e. The minimum Gasteiger partial charge on any atom is -0.497 e. The minimum atomic E-state index is -0.221. The molecule has 118 valence electrons. The van der Waals surface area contributed by atoms with Crippen molar-refractivity contribution in [1.29, 1.82) is 0 Å². The van der Waals surface area contributed by atoms with Crippen LogP contribution in [0, 0.1) is 6.92 Å². The van der Waals surface area contributed by atoms with Gasteiger partial charge < -0.3 is 19.2 Å². The van der Waals surface area contributed by atoms with Gasteiger partial charge in [-0.1, -0.05) is 0 Å². The number of hydrogen-bond donors (Lipinski definition) is 1. The lowest BCUT2D eigenvalue weighted by atomic mass is 10.2. The van der Waals surface area contributed by atoms with Crippen LogP contribution in [0.25, 0.3) is 5.65 Å². The quantitative estimate of drug-likeness (QED) is 0.804. The number of aryl methyl sites for hydroxylation is 1. The molecular weight excluding hydrogens is 294 g/mol. The summed E-state index contributed by atoms with van der Waals surface area (Å²) in [6.07, 6.45) is 3.63. The number of amides is 1. The Hall–Kier alpha value is -3.02. The van der Waals surface area contributed by atoms with Gasteiger partial charge in [0.2, 0.25) is 0 Å². The van der Waals surface area contributed by atoms with Gasteiger partial charge in [0.1, 0.15) is 17.1 Å². The molecule has 6 nitrogen and oxygen atoms in total. The average molecular weight is 311 g/mol. The van der Waals surface area contributed by atoms with Crippen LogP contribution in [0.15, 0.2) is 42.7 Å². The number of pyridine rings is 1. The highest BCUT2D eigenvalue weighted by Gasteiger charge is 2.12. The first-order valence-electron chi connectivity index (χ1n) is 7.09. The van der Waals surface area contributed by atoms with E-state index in [9.17, 15) is 4.79 Å². The van der Waals surface area contributed by atoms with Gasteiger partial charge in [0, 0.05) is 18.5 Å². The lowest BCUT2D eigenvalue weighted by Crippen LogP contribution is -2.13. The third-order valence-electron chi connectivity index (χ3n) is 3.49. The minimum absolute atomic E-state index is 0.221. The monoisotopic (exact) mass is 311 g/mol. The molecule has 0 aliphatic heterocycles. The van der Waals surface area contributed by atoms with E-state index in [2.05, 4.69) is 10.3 Å². The number of carbonyl (C=O) groups excluding carboxylic acids is 1. The molecule has 0 saturated carbocycles. The van der Waals surface area contributed by atoms with Crippen molar-refractivity contribution >= 4 is 17.2 Å². The number of aromatic nitrogens is 2. The lowest BCUT2D eigenvalue weighted by Gasteiger charge is -2.11. The Balaban J connectivity index is 1.87. The smallest absolute Gasteiger partial charge is 0.257 e. The number of imidazole rings is 1. The van der Waals surface area contributed by atoms with Crippen LogP contribution in [-0.4, -0.2) is 29.5 Å². The molecule has 23 heavy (non-hydrogen) atoms. The molecule has 0 radical (unpaired) electrons. The van der Waals surface area contributed by atoms with Crippen molar-refractivity contribution in [1.82, 2.24) is 9.38 Å². The van der Waals surface area contributed by atoms with Gasteiger partial charge in [-0.15, -0.1) is 0 Å². The van der Waals surface area contributed by atoms with E-state index < -0.39 is 0 Å². The summed E-state index contributed by atoms with van der Waals surface area (Å²) in [7, 11) is 3.13. The van der Waals surface area contributed by atoms with Crippen molar-refractivity contribution in [3.8, 4) is 11.5 Å². The Bertz CT molecular complexity index is 871. The number of carbonyl (C=O) groups is 1. The summed E-state index contributed by atoms with van der Waals surface area (Å²) in [6, 6.07) is 8.79. The number of hydrogen-bond acceptors (Lipinski definition) is 4. The van der Waals surface area contributed by atoms with E-state index in [1.807, 2.05) is 23.6 Å². The van der Waals surface area contributed by atoms with Crippen molar-refractivity contribution in [2.45, 2.75) is 6.92 Å². The predicted molar refractivity (Wildman–Crippen MR) is 87.4 cm³/mol. The molecule has 0 bridgehead atoms. The van der Waals surface area contributed by atoms with E-state index in [4.69, 9.17) is 9.47 Å². The maximum absolute atomic E-state index is 12.5. The Morgan fingerprint density at radius 3 is 2.70 bits per heavy atom. The average Bonchev–Trinajstić information content (AvgIpc) is 2.94. The topological polar surface area (TPSA) is 64.9 Å². The van der Waals surface area contributed by atoms with Crippen LogP contribution in [0.3, 0.4) is 0 Å². The number of rotatable bonds is 4. The molecule has 0 aliphatic rings. The molecular formula is C17H17N3O3. The van der Waals surface area contributed by atoms with Crippen molar-refractivity contribution in [3.63, 3.8) is 0 Å². The first-order valence-corrected chi connectivity index (χ1v) is 7.09. The van der Waals surface area contributed by atoms with Crippen LogP contribution >= 0.6 is 0 Å². The maximum atomic E-state index is 12.5. The summed E-state index contributed by atoms with van der Waals surface area (Å²) in [5, 5.41) is 2.85. The first-order chi connectivity index (χ1) is 11.1. The highest BCUT2D eigenvalue weighted by molar-refractivity contribution is 6.05. The van der Waals surface area contributed by atoms with E-state index in [1.54, 1.807) is 44.7 Å². The molecule has 0 unspecified atom stereocenters. The highest BCUT2D eigenvalue weighted by atomic mass is 16.5. The largest absolute Gasteiger partial charge is 0.497 e. The summed E-state index contributed by atoms with van der Waals surface area (Å²) < 4.78 is 12.3. The molecule has 0 atom stereocenters. The van der Waals surface area contributed by atoms with Crippen molar-refractivity contribution in [3.05, 3.63) is 54.0 Å². The van der Waals surface area contributed by atoms with Crippen molar-refractivity contribution in [2.24, 2.45) is 0 Å². The fraction of sp³-hybridized carbons (Fsp3) is 0.176. The number of nitrogens with zero attached hydrogens (tertiary/aromatic N) is 2. The third-order valence-corrected chi connectivity index (χ3v) is 3.49. The zero-order valence-corrected chi connectivity index (χ0v) is 13.2. The fourth-order valence-corrected chi connectivity index (χ4v) is 2.35.